The maximum Gasteiger partial charge on any atom is 0.300 e. The number of fused-ring (bicyclic) bond motifs is 1. The molecule has 1 aromatic heterocycles. The lowest BCUT2D eigenvalue weighted by molar-refractivity contribution is -0.114. The van der Waals surface area contributed by atoms with Crippen molar-refractivity contribution in [3.63, 3.8) is 0 Å². The maximum absolute atomic E-state index is 12.3. The van der Waals surface area contributed by atoms with Gasteiger partial charge in [0.2, 0.25) is 0 Å². The molecule has 2 aliphatic rings. The first kappa shape index (κ1) is 15.6. The normalized spacial score (nSPS) is 17.9. The molecule has 7 nitrogen and oxygen atoms in total. The molecule has 3 heterocycles. The minimum Gasteiger partial charge on any atom is -0.459 e. The highest BCUT2D eigenvalue weighted by Gasteiger charge is 2.36. The van der Waals surface area contributed by atoms with Crippen LogP contribution in [0.1, 0.15) is 20.9 Å². The van der Waals surface area contributed by atoms with Gasteiger partial charge in [0.15, 0.2) is 5.76 Å². The van der Waals surface area contributed by atoms with Gasteiger partial charge in [-0.05, 0) is 24.3 Å². The smallest absolute Gasteiger partial charge is 0.300 e. The fourth-order valence-corrected chi connectivity index (χ4v) is 3.24. The van der Waals surface area contributed by atoms with E-state index >= 15 is 0 Å². The molecule has 1 aromatic carbocycles. The van der Waals surface area contributed by atoms with Gasteiger partial charge in [0, 0.05) is 26.2 Å². The van der Waals surface area contributed by atoms with Crippen LogP contribution in [0.2, 0.25) is 0 Å². The summed E-state index contributed by atoms with van der Waals surface area (Å²) in [5.41, 5.74) is 1.12. The summed E-state index contributed by atoms with van der Waals surface area (Å²) in [5.74, 6) is -0.734. The summed E-state index contributed by atoms with van der Waals surface area (Å²) < 4.78 is 5.15. The van der Waals surface area contributed by atoms with E-state index in [1.807, 2.05) is 6.07 Å². The third-order valence-electron chi connectivity index (χ3n) is 4.61. The minimum atomic E-state index is -0.490. The van der Waals surface area contributed by atoms with E-state index in [0.717, 1.165) is 0 Å². The summed E-state index contributed by atoms with van der Waals surface area (Å²) in [6.07, 6.45) is 1.48. The monoisotopic (exact) mass is 339 g/mol. The van der Waals surface area contributed by atoms with Crippen LogP contribution in [0.3, 0.4) is 0 Å². The van der Waals surface area contributed by atoms with Gasteiger partial charge < -0.3 is 9.32 Å². The number of piperazine rings is 1. The van der Waals surface area contributed by atoms with Crippen molar-refractivity contribution in [2.45, 2.75) is 0 Å². The highest BCUT2D eigenvalue weighted by atomic mass is 16.3. The van der Waals surface area contributed by atoms with Gasteiger partial charge in [0.25, 0.3) is 11.7 Å². The van der Waals surface area contributed by atoms with Crippen LogP contribution in [0.5, 0.6) is 0 Å². The van der Waals surface area contributed by atoms with E-state index in [1.165, 1.54) is 11.2 Å². The number of anilines is 1. The summed E-state index contributed by atoms with van der Waals surface area (Å²) in [6.45, 7) is 2.72. The van der Waals surface area contributed by atoms with Gasteiger partial charge >= 0.3 is 5.91 Å². The molecular formula is C18H17N3O4. The van der Waals surface area contributed by atoms with E-state index in [9.17, 15) is 14.4 Å². The molecule has 25 heavy (non-hydrogen) atoms. The second-order valence-electron chi connectivity index (χ2n) is 6.11. The summed E-state index contributed by atoms with van der Waals surface area (Å²) >= 11 is 0. The van der Waals surface area contributed by atoms with Crippen LogP contribution in [0.15, 0.2) is 47.1 Å². The Morgan fingerprint density at radius 3 is 2.48 bits per heavy atom. The number of carbonyl (C=O) groups is 3. The Bertz CT molecular complexity index is 823. The number of furan rings is 1. The standard InChI is InChI=1S/C18H17N3O4/c22-16-13-4-1-2-5-14(13)21(18(16)24)12-19-7-9-20(10-8-19)17(23)15-6-3-11-25-15/h1-6,11H,7-10,12H2. The number of ketones is 1. The number of para-hydroxylation sites is 1. The number of hydrogen-bond acceptors (Lipinski definition) is 5. The third kappa shape index (κ3) is 2.72. The van der Waals surface area contributed by atoms with Gasteiger partial charge in [-0.2, -0.15) is 0 Å². The quantitative estimate of drug-likeness (QED) is 0.786. The predicted molar refractivity (Wildman–Crippen MR) is 89.3 cm³/mol. The van der Waals surface area contributed by atoms with Crippen molar-refractivity contribution < 1.29 is 18.8 Å². The second kappa shape index (κ2) is 6.18. The number of hydrogen-bond donors (Lipinski definition) is 0. The maximum atomic E-state index is 12.3. The molecule has 0 spiro atoms. The highest BCUT2D eigenvalue weighted by molar-refractivity contribution is 6.52. The molecule has 0 N–H and O–H groups in total. The Kier molecular flexibility index (Phi) is 3.85. The van der Waals surface area contributed by atoms with Gasteiger partial charge in [-0.25, -0.2) is 0 Å². The molecule has 0 bridgehead atoms. The number of carbonyl (C=O) groups excluding carboxylic acids is 3. The van der Waals surface area contributed by atoms with Crippen molar-refractivity contribution in [2.75, 3.05) is 37.7 Å². The van der Waals surface area contributed by atoms with E-state index in [2.05, 4.69) is 4.90 Å². The van der Waals surface area contributed by atoms with Gasteiger partial charge in [-0.3, -0.25) is 24.2 Å². The Labute approximate surface area is 144 Å². The van der Waals surface area contributed by atoms with Gasteiger partial charge in [0.1, 0.15) is 0 Å². The fourth-order valence-electron chi connectivity index (χ4n) is 3.24. The summed E-state index contributed by atoms with van der Waals surface area (Å²) in [4.78, 5) is 41.9. The molecule has 4 rings (SSSR count). The van der Waals surface area contributed by atoms with Crippen LogP contribution in [-0.2, 0) is 4.79 Å². The Morgan fingerprint density at radius 2 is 1.76 bits per heavy atom. The zero-order valence-electron chi connectivity index (χ0n) is 13.6. The van der Waals surface area contributed by atoms with E-state index in [4.69, 9.17) is 4.42 Å². The average Bonchev–Trinajstić information content (AvgIpc) is 3.26. The van der Waals surface area contributed by atoms with E-state index in [0.29, 0.717) is 49.9 Å². The van der Waals surface area contributed by atoms with Crippen molar-refractivity contribution in [1.29, 1.82) is 0 Å². The first-order valence-electron chi connectivity index (χ1n) is 8.15. The van der Waals surface area contributed by atoms with Crippen LogP contribution < -0.4 is 4.90 Å². The third-order valence-corrected chi connectivity index (χ3v) is 4.61. The second-order valence-corrected chi connectivity index (χ2v) is 6.11. The molecule has 0 unspecified atom stereocenters. The molecular weight excluding hydrogens is 322 g/mol. The molecule has 128 valence electrons. The van der Waals surface area contributed by atoms with Crippen molar-refractivity contribution in [2.24, 2.45) is 0 Å². The highest BCUT2D eigenvalue weighted by Crippen LogP contribution is 2.28. The molecule has 2 aromatic rings. The van der Waals surface area contributed by atoms with Crippen molar-refractivity contribution in [3.05, 3.63) is 54.0 Å². The topological polar surface area (TPSA) is 74.1 Å². The van der Waals surface area contributed by atoms with Crippen molar-refractivity contribution in [3.8, 4) is 0 Å². The molecule has 0 saturated carbocycles. The zero-order chi connectivity index (χ0) is 17.4. The van der Waals surface area contributed by atoms with Gasteiger partial charge in [0.05, 0.1) is 24.2 Å². The molecule has 0 atom stereocenters. The lowest BCUT2D eigenvalue weighted by Crippen LogP contribution is -2.52. The average molecular weight is 339 g/mol. The Balaban J connectivity index is 1.40. The van der Waals surface area contributed by atoms with E-state index in [-0.39, 0.29) is 5.91 Å². The van der Waals surface area contributed by atoms with Crippen LogP contribution in [-0.4, -0.2) is 60.2 Å². The predicted octanol–water partition coefficient (Wildman–Crippen LogP) is 1.22. The van der Waals surface area contributed by atoms with Gasteiger partial charge in [-0.15, -0.1) is 0 Å². The van der Waals surface area contributed by atoms with E-state index < -0.39 is 11.7 Å². The van der Waals surface area contributed by atoms with Gasteiger partial charge in [-0.1, -0.05) is 12.1 Å². The lowest BCUT2D eigenvalue weighted by Gasteiger charge is -2.36. The minimum absolute atomic E-state index is 0.123. The summed E-state index contributed by atoms with van der Waals surface area (Å²) in [7, 11) is 0. The Morgan fingerprint density at radius 1 is 1.00 bits per heavy atom. The van der Waals surface area contributed by atoms with Crippen molar-refractivity contribution in [1.82, 2.24) is 9.80 Å². The molecule has 2 aliphatic heterocycles. The van der Waals surface area contributed by atoms with Crippen LogP contribution in [0, 0.1) is 0 Å². The SMILES string of the molecule is O=C1C(=O)N(CN2CCN(C(=O)c3ccco3)CC2)c2ccccc21. The molecule has 1 fully saturated rings. The molecule has 0 aliphatic carbocycles. The summed E-state index contributed by atoms with van der Waals surface area (Å²) in [6, 6.07) is 10.4. The lowest BCUT2D eigenvalue weighted by atomic mass is 10.1. The number of nitrogens with zero attached hydrogens (tertiary/aromatic N) is 3. The van der Waals surface area contributed by atoms with Crippen LogP contribution in [0.25, 0.3) is 0 Å². The number of Topliss-reactive ketones (excluding diaryl/α,β-unsaturated/α-hetero) is 1. The zero-order valence-corrected chi connectivity index (χ0v) is 13.6. The van der Waals surface area contributed by atoms with Crippen molar-refractivity contribution >= 4 is 23.3 Å². The van der Waals surface area contributed by atoms with E-state index in [1.54, 1.807) is 35.2 Å². The molecule has 0 radical (unpaired) electrons. The van der Waals surface area contributed by atoms with Crippen LogP contribution >= 0.6 is 0 Å². The fraction of sp³-hybridized carbons (Fsp3) is 0.278. The largest absolute Gasteiger partial charge is 0.459 e. The van der Waals surface area contributed by atoms with Crippen LogP contribution in [0.4, 0.5) is 5.69 Å². The molecule has 1 saturated heterocycles. The first-order valence-corrected chi connectivity index (χ1v) is 8.15. The molecule has 7 heteroatoms. The number of benzene rings is 1. The molecule has 2 amide bonds. The first-order chi connectivity index (χ1) is 12.1. The summed E-state index contributed by atoms with van der Waals surface area (Å²) in [5, 5.41) is 0. The number of rotatable bonds is 3. The Hall–Kier alpha value is -2.93. The number of amides is 2.